The van der Waals surface area contributed by atoms with Gasteiger partial charge in [-0.1, -0.05) is 41.4 Å². The molecule has 0 spiro atoms. The number of rotatable bonds is 6. The van der Waals surface area contributed by atoms with Crippen molar-refractivity contribution in [3.63, 3.8) is 0 Å². The Bertz CT molecular complexity index is 1090. The number of methoxy groups -OCH3 is 1. The van der Waals surface area contributed by atoms with Gasteiger partial charge < -0.3 is 14.8 Å². The van der Waals surface area contributed by atoms with E-state index in [1.54, 1.807) is 60.7 Å². The van der Waals surface area contributed by atoms with E-state index >= 15 is 0 Å². The SMILES string of the molecule is COc1ccc(CC(=O)Nc2ccccc2Cl)cc1Oc1cc(Cl)cc(C#N)c1. The van der Waals surface area contributed by atoms with Gasteiger partial charge in [-0.3, -0.25) is 4.79 Å². The Kier molecular flexibility index (Phi) is 6.61. The molecule has 29 heavy (non-hydrogen) atoms. The number of nitrogens with zero attached hydrogens (tertiary/aromatic N) is 1. The van der Waals surface area contributed by atoms with Gasteiger partial charge >= 0.3 is 0 Å². The molecule has 3 aromatic carbocycles. The maximum absolute atomic E-state index is 12.4. The lowest BCUT2D eigenvalue weighted by atomic mass is 10.1. The predicted molar refractivity (Wildman–Crippen MR) is 113 cm³/mol. The molecule has 3 rings (SSSR count). The van der Waals surface area contributed by atoms with Crippen LogP contribution in [-0.4, -0.2) is 13.0 Å². The van der Waals surface area contributed by atoms with Crippen molar-refractivity contribution < 1.29 is 14.3 Å². The van der Waals surface area contributed by atoms with Crippen LogP contribution in [0.2, 0.25) is 10.0 Å². The standard InChI is InChI=1S/C22H16Cl2N2O3/c1-28-20-7-6-14(11-22(27)26-19-5-3-2-4-18(19)24)10-21(20)29-17-9-15(13-25)8-16(23)12-17/h2-10,12H,11H2,1H3,(H,26,27). The molecule has 0 aliphatic rings. The summed E-state index contributed by atoms with van der Waals surface area (Å²) >= 11 is 12.1. The van der Waals surface area contributed by atoms with Gasteiger partial charge in [-0.15, -0.1) is 0 Å². The second-order valence-electron chi connectivity index (χ2n) is 6.08. The van der Waals surface area contributed by atoms with Crippen molar-refractivity contribution in [3.05, 3.63) is 81.8 Å². The highest BCUT2D eigenvalue weighted by molar-refractivity contribution is 6.33. The first-order chi connectivity index (χ1) is 14.0. The van der Waals surface area contributed by atoms with E-state index in [9.17, 15) is 4.79 Å². The summed E-state index contributed by atoms with van der Waals surface area (Å²) in [6, 6.07) is 19.0. The molecule has 0 heterocycles. The molecule has 0 atom stereocenters. The Morgan fingerprint density at radius 2 is 1.86 bits per heavy atom. The number of ether oxygens (including phenoxy) is 2. The van der Waals surface area contributed by atoms with Crippen molar-refractivity contribution in [2.45, 2.75) is 6.42 Å². The van der Waals surface area contributed by atoms with Crippen molar-refractivity contribution in [2.24, 2.45) is 0 Å². The molecule has 1 amide bonds. The zero-order valence-corrected chi connectivity index (χ0v) is 16.9. The summed E-state index contributed by atoms with van der Waals surface area (Å²) in [7, 11) is 1.52. The average Bonchev–Trinajstić information content (AvgIpc) is 2.69. The lowest BCUT2D eigenvalue weighted by Crippen LogP contribution is -2.14. The summed E-state index contributed by atoms with van der Waals surface area (Å²) in [4.78, 5) is 12.4. The van der Waals surface area contributed by atoms with Crippen molar-refractivity contribution in [2.75, 3.05) is 12.4 Å². The highest BCUT2D eigenvalue weighted by Crippen LogP contribution is 2.34. The van der Waals surface area contributed by atoms with Gasteiger partial charge in [-0.25, -0.2) is 0 Å². The van der Waals surface area contributed by atoms with Crippen molar-refractivity contribution in [1.82, 2.24) is 0 Å². The third kappa shape index (κ3) is 5.41. The van der Waals surface area contributed by atoms with Crippen LogP contribution in [0.1, 0.15) is 11.1 Å². The van der Waals surface area contributed by atoms with E-state index in [0.29, 0.717) is 44.1 Å². The van der Waals surface area contributed by atoms with E-state index in [4.69, 9.17) is 37.9 Å². The van der Waals surface area contributed by atoms with Crippen LogP contribution in [0.3, 0.4) is 0 Å². The van der Waals surface area contributed by atoms with Gasteiger partial charge in [0.15, 0.2) is 11.5 Å². The van der Waals surface area contributed by atoms with Crippen LogP contribution in [0.15, 0.2) is 60.7 Å². The van der Waals surface area contributed by atoms with E-state index in [-0.39, 0.29) is 12.3 Å². The molecule has 0 radical (unpaired) electrons. The molecule has 0 saturated heterocycles. The lowest BCUT2D eigenvalue weighted by molar-refractivity contribution is -0.115. The number of benzene rings is 3. The van der Waals surface area contributed by atoms with Gasteiger partial charge in [-0.2, -0.15) is 5.26 Å². The van der Waals surface area contributed by atoms with Gasteiger partial charge in [0, 0.05) is 5.02 Å². The molecule has 0 fully saturated rings. The molecule has 7 heteroatoms. The Balaban J connectivity index is 1.80. The average molecular weight is 427 g/mol. The first-order valence-electron chi connectivity index (χ1n) is 8.58. The second kappa shape index (κ2) is 9.33. The largest absolute Gasteiger partial charge is 0.493 e. The number of nitrogens with one attached hydrogen (secondary N) is 1. The number of carbonyl (C=O) groups is 1. The summed E-state index contributed by atoms with van der Waals surface area (Å²) in [5.41, 5.74) is 1.64. The van der Waals surface area contributed by atoms with E-state index in [1.807, 2.05) is 6.07 Å². The normalized spacial score (nSPS) is 10.1. The number of hydrogen-bond acceptors (Lipinski definition) is 4. The van der Waals surface area contributed by atoms with Crippen LogP contribution in [-0.2, 0) is 11.2 Å². The molecule has 0 saturated carbocycles. The topological polar surface area (TPSA) is 71.3 Å². The first-order valence-corrected chi connectivity index (χ1v) is 9.34. The van der Waals surface area contributed by atoms with Crippen LogP contribution in [0, 0.1) is 11.3 Å². The van der Waals surface area contributed by atoms with Crippen LogP contribution in [0.25, 0.3) is 0 Å². The minimum Gasteiger partial charge on any atom is -0.493 e. The molecule has 0 aliphatic carbocycles. The Morgan fingerprint density at radius 3 is 2.59 bits per heavy atom. The molecular weight excluding hydrogens is 411 g/mol. The van der Waals surface area contributed by atoms with Gasteiger partial charge in [-0.05, 0) is 48.0 Å². The molecule has 0 unspecified atom stereocenters. The Hall–Kier alpha value is -3.20. The molecule has 0 aliphatic heterocycles. The highest BCUT2D eigenvalue weighted by atomic mass is 35.5. The lowest BCUT2D eigenvalue weighted by Gasteiger charge is -2.13. The molecule has 0 bridgehead atoms. The number of nitriles is 1. The van der Waals surface area contributed by atoms with Gasteiger partial charge in [0.25, 0.3) is 0 Å². The molecular formula is C22H16Cl2N2O3. The molecule has 3 aromatic rings. The van der Waals surface area contributed by atoms with Crippen LogP contribution in [0.4, 0.5) is 5.69 Å². The predicted octanol–water partition coefficient (Wildman–Crippen LogP) is 5.85. The number of anilines is 1. The number of hydrogen-bond donors (Lipinski definition) is 1. The number of para-hydroxylation sites is 1. The van der Waals surface area contributed by atoms with Crippen LogP contribution < -0.4 is 14.8 Å². The van der Waals surface area contributed by atoms with Gasteiger partial charge in [0.2, 0.25) is 5.91 Å². The number of amides is 1. The first kappa shape index (κ1) is 20.5. The Labute approximate surface area is 178 Å². The molecule has 1 N–H and O–H groups in total. The van der Waals surface area contributed by atoms with E-state index in [0.717, 1.165) is 0 Å². The van der Waals surface area contributed by atoms with E-state index in [2.05, 4.69) is 5.32 Å². The molecule has 5 nitrogen and oxygen atoms in total. The second-order valence-corrected chi connectivity index (χ2v) is 6.92. The quantitative estimate of drug-likeness (QED) is 0.536. The fraction of sp³-hybridized carbons (Fsp3) is 0.0909. The fourth-order valence-corrected chi connectivity index (χ4v) is 3.07. The summed E-state index contributed by atoms with van der Waals surface area (Å²) in [5, 5.41) is 12.7. The summed E-state index contributed by atoms with van der Waals surface area (Å²) in [6.07, 6.45) is 0.116. The van der Waals surface area contributed by atoms with Crippen LogP contribution >= 0.6 is 23.2 Å². The number of carbonyl (C=O) groups excluding carboxylic acids is 1. The fourth-order valence-electron chi connectivity index (χ4n) is 2.67. The summed E-state index contributed by atoms with van der Waals surface area (Å²) in [5.74, 6) is 1.06. The number of halogens is 2. The Morgan fingerprint density at radius 1 is 1.07 bits per heavy atom. The van der Waals surface area contributed by atoms with Crippen molar-refractivity contribution in [3.8, 4) is 23.3 Å². The van der Waals surface area contributed by atoms with Crippen molar-refractivity contribution in [1.29, 1.82) is 5.26 Å². The highest BCUT2D eigenvalue weighted by Gasteiger charge is 2.12. The van der Waals surface area contributed by atoms with Gasteiger partial charge in [0.05, 0.1) is 35.9 Å². The molecule has 146 valence electrons. The van der Waals surface area contributed by atoms with Gasteiger partial charge in [0.1, 0.15) is 5.75 Å². The van der Waals surface area contributed by atoms with Crippen molar-refractivity contribution >= 4 is 34.8 Å². The third-order valence-electron chi connectivity index (χ3n) is 3.97. The maximum atomic E-state index is 12.4. The zero-order valence-electron chi connectivity index (χ0n) is 15.4. The summed E-state index contributed by atoms with van der Waals surface area (Å²) < 4.78 is 11.2. The molecule has 0 aromatic heterocycles. The minimum absolute atomic E-state index is 0.116. The van der Waals surface area contributed by atoms with Crippen LogP contribution in [0.5, 0.6) is 17.2 Å². The maximum Gasteiger partial charge on any atom is 0.228 e. The van der Waals surface area contributed by atoms with E-state index < -0.39 is 0 Å². The smallest absolute Gasteiger partial charge is 0.228 e. The minimum atomic E-state index is -0.219. The third-order valence-corrected chi connectivity index (χ3v) is 4.52. The summed E-state index contributed by atoms with van der Waals surface area (Å²) in [6.45, 7) is 0. The van der Waals surface area contributed by atoms with E-state index in [1.165, 1.54) is 7.11 Å². The monoisotopic (exact) mass is 426 g/mol. The zero-order chi connectivity index (χ0) is 20.8.